The molecule has 0 aliphatic carbocycles. The van der Waals surface area contributed by atoms with Crippen molar-refractivity contribution in [3.8, 4) is 0 Å². The Morgan fingerprint density at radius 3 is 1.98 bits per heavy atom. The Labute approximate surface area is 281 Å². The quantitative estimate of drug-likeness (QED) is 0.0886. The maximum atomic E-state index is 13.3. The Morgan fingerprint density at radius 1 is 0.771 bits per heavy atom. The zero-order valence-corrected chi connectivity index (χ0v) is 27.7. The molecular weight excluding hydrogens is 614 g/mol. The number of benzene rings is 3. The molecule has 11 heteroatoms. The molecule has 10 atom stereocenters. The molecule has 2 heterocycles. The van der Waals surface area contributed by atoms with Gasteiger partial charge in [0.15, 0.2) is 12.4 Å². The highest BCUT2D eigenvalue weighted by Gasteiger charge is 2.51. The lowest BCUT2D eigenvalue weighted by atomic mass is 9.82. The Kier molecular flexibility index (Phi) is 12.2. The number of rotatable bonds is 12. The first-order valence-electron chi connectivity index (χ1n) is 16.4. The van der Waals surface area contributed by atoms with Gasteiger partial charge in [-0.05, 0) is 60.5 Å². The summed E-state index contributed by atoms with van der Waals surface area (Å²) in [7, 11) is 0. The highest BCUT2D eigenvalue weighted by molar-refractivity contribution is 5.89. The minimum Gasteiger partial charge on any atom is -0.459 e. The van der Waals surface area contributed by atoms with Gasteiger partial charge in [-0.15, -0.1) is 0 Å². The largest absolute Gasteiger partial charge is 0.459 e. The second kappa shape index (κ2) is 16.7. The van der Waals surface area contributed by atoms with E-state index in [1.54, 1.807) is 48.5 Å². The first-order valence-corrected chi connectivity index (χ1v) is 16.4. The molecule has 3 aromatic rings. The number of carbonyl (C=O) groups is 2. The number of carbonyl (C=O) groups excluding carboxylic acids is 2. The van der Waals surface area contributed by atoms with Crippen LogP contribution in [0.25, 0.3) is 10.4 Å². The van der Waals surface area contributed by atoms with Crippen molar-refractivity contribution in [2.24, 2.45) is 17.0 Å². The zero-order valence-electron chi connectivity index (χ0n) is 27.7. The van der Waals surface area contributed by atoms with Crippen molar-refractivity contribution >= 4 is 11.9 Å². The minimum absolute atomic E-state index is 0.0251. The summed E-state index contributed by atoms with van der Waals surface area (Å²) in [6, 6.07) is 26.4. The molecule has 2 aliphatic rings. The number of hydrogen-bond acceptors (Lipinski definition) is 9. The van der Waals surface area contributed by atoms with Gasteiger partial charge >= 0.3 is 11.9 Å². The monoisotopic (exact) mass is 657 g/mol. The Morgan fingerprint density at radius 2 is 1.38 bits per heavy atom. The van der Waals surface area contributed by atoms with Gasteiger partial charge in [-0.25, -0.2) is 9.59 Å². The van der Waals surface area contributed by atoms with Gasteiger partial charge in [-0.3, -0.25) is 0 Å². The second-order valence-corrected chi connectivity index (χ2v) is 12.3. The highest BCUT2D eigenvalue weighted by atomic mass is 16.7. The third kappa shape index (κ3) is 8.42. The third-order valence-corrected chi connectivity index (χ3v) is 9.21. The minimum atomic E-state index is -1.03. The van der Waals surface area contributed by atoms with Crippen LogP contribution in [0.4, 0.5) is 0 Å². The molecule has 0 N–H and O–H groups in total. The molecule has 0 saturated carbocycles. The van der Waals surface area contributed by atoms with E-state index in [1.165, 1.54) is 0 Å². The van der Waals surface area contributed by atoms with Crippen LogP contribution in [-0.2, 0) is 35.0 Å². The summed E-state index contributed by atoms with van der Waals surface area (Å²) >= 11 is 0. The van der Waals surface area contributed by atoms with Crippen molar-refractivity contribution in [1.29, 1.82) is 0 Å². The highest BCUT2D eigenvalue weighted by Crippen LogP contribution is 2.38. The molecule has 4 unspecified atom stereocenters. The van der Waals surface area contributed by atoms with Crippen LogP contribution in [0.2, 0.25) is 0 Å². The van der Waals surface area contributed by atoms with Crippen molar-refractivity contribution in [2.45, 2.75) is 89.7 Å². The number of esters is 2. The molecule has 2 saturated heterocycles. The Bertz CT molecular complexity index is 1520. The predicted octanol–water partition coefficient (Wildman–Crippen LogP) is 6.91. The maximum Gasteiger partial charge on any atom is 0.338 e. The maximum absolute atomic E-state index is 13.3. The van der Waals surface area contributed by atoms with Crippen LogP contribution in [0.15, 0.2) is 96.1 Å². The molecule has 3 aromatic carbocycles. The summed E-state index contributed by atoms with van der Waals surface area (Å²) in [6.45, 7) is 7.95. The van der Waals surface area contributed by atoms with E-state index in [1.807, 2.05) is 70.2 Å². The average molecular weight is 658 g/mol. The van der Waals surface area contributed by atoms with Gasteiger partial charge < -0.3 is 28.4 Å². The molecule has 2 fully saturated rings. The smallest absolute Gasteiger partial charge is 0.338 e. The molecule has 5 rings (SSSR count). The first-order chi connectivity index (χ1) is 23.3. The molecule has 254 valence electrons. The fraction of sp³-hybridized carbons (Fsp3) is 0.459. The molecule has 2 aliphatic heterocycles. The third-order valence-electron chi connectivity index (χ3n) is 9.21. The number of ether oxygens (including phenoxy) is 6. The van der Waals surface area contributed by atoms with Crippen LogP contribution in [0.1, 0.15) is 60.4 Å². The molecule has 0 bridgehead atoms. The topological polar surface area (TPSA) is 138 Å². The summed E-state index contributed by atoms with van der Waals surface area (Å²) in [4.78, 5) is 29.2. The standard InChI is InChI=1S/C37H43N3O8/c1-5-29-33(48-37-31(39-40-38)24(3)23(2)30(46-37)22-44-35(41)27-17-11-7-12-18-27)34(43-21-26-15-9-6-10-16-26)32(25(4)45-29)47-36(42)28-19-13-8-14-20-28/h6-20,23-25,29-34,37H,5,21-22H2,1-4H3/t23-,24-,25+,29?,30?,31?,32?,33-,34-,37-/m0/s1. The fourth-order valence-electron chi connectivity index (χ4n) is 6.24. The van der Waals surface area contributed by atoms with E-state index in [2.05, 4.69) is 10.0 Å². The summed E-state index contributed by atoms with van der Waals surface area (Å²) < 4.78 is 37.9. The van der Waals surface area contributed by atoms with Gasteiger partial charge in [-0.1, -0.05) is 92.6 Å². The second-order valence-electron chi connectivity index (χ2n) is 12.3. The van der Waals surface area contributed by atoms with Gasteiger partial charge in [0.25, 0.3) is 0 Å². The molecule has 0 radical (unpaired) electrons. The van der Waals surface area contributed by atoms with Crippen LogP contribution in [0.5, 0.6) is 0 Å². The first kappa shape index (κ1) is 35.1. The SMILES string of the molecule is CCC1O[C@H](C)C(OC(=O)c2ccccc2)[C@H](OCc2ccccc2)[C@H]1O[C@@H]1OC(COC(=O)c2ccccc2)[C@@H](C)[C@H](C)C1N=[N+]=[N-]. The summed E-state index contributed by atoms with van der Waals surface area (Å²) in [5.41, 5.74) is 11.3. The molecular formula is C37H43N3O8. The number of nitrogens with zero attached hydrogens (tertiary/aromatic N) is 3. The van der Waals surface area contributed by atoms with Crippen molar-refractivity contribution in [2.75, 3.05) is 6.61 Å². The van der Waals surface area contributed by atoms with Crippen LogP contribution >= 0.6 is 0 Å². The van der Waals surface area contributed by atoms with Crippen molar-refractivity contribution < 1.29 is 38.0 Å². The van der Waals surface area contributed by atoms with Gasteiger partial charge in [0.05, 0.1) is 42.1 Å². The number of hydrogen-bond donors (Lipinski definition) is 0. The summed E-state index contributed by atoms with van der Waals surface area (Å²) in [6.07, 6.45) is -4.40. The predicted molar refractivity (Wildman–Crippen MR) is 177 cm³/mol. The average Bonchev–Trinajstić information content (AvgIpc) is 3.12. The van der Waals surface area contributed by atoms with Crippen LogP contribution in [0, 0.1) is 11.8 Å². The van der Waals surface area contributed by atoms with Crippen LogP contribution in [0.3, 0.4) is 0 Å². The van der Waals surface area contributed by atoms with Gasteiger partial charge in [-0.2, -0.15) is 0 Å². The van der Waals surface area contributed by atoms with Crippen LogP contribution in [-0.4, -0.2) is 67.5 Å². The van der Waals surface area contributed by atoms with E-state index in [9.17, 15) is 15.1 Å². The lowest BCUT2D eigenvalue weighted by Crippen LogP contribution is -2.62. The van der Waals surface area contributed by atoms with Gasteiger partial charge in [0, 0.05) is 4.91 Å². The Balaban J connectivity index is 1.42. The summed E-state index contributed by atoms with van der Waals surface area (Å²) in [5, 5.41) is 4.09. The van der Waals surface area contributed by atoms with E-state index in [-0.39, 0.29) is 25.0 Å². The van der Waals surface area contributed by atoms with Crippen LogP contribution < -0.4 is 0 Å². The van der Waals surface area contributed by atoms with E-state index in [4.69, 9.17) is 28.4 Å². The zero-order chi connectivity index (χ0) is 34.0. The summed E-state index contributed by atoms with van der Waals surface area (Å²) in [5.74, 6) is -1.31. The van der Waals surface area contributed by atoms with E-state index >= 15 is 0 Å². The molecule has 48 heavy (non-hydrogen) atoms. The van der Waals surface area contributed by atoms with E-state index in [0.717, 1.165) is 5.56 Å². The lowest BCUT2D eigenvalue weighted by Gasteiger charge is -2.48. The molecule has 0 amide bonds. The normalized spacial score (nSPS) is 30.1. The molecule has 11 nitrogen and oxygen atoms in total. The van der Waals surface area contributed by atoms with Crippen molar-refractivity contribution in [3.63, 3.8) is 0 Å². The lowest BCUT2D eigenvalue weighted by molar-refractivity contribution is -0.311. The van der Waals surface area contributed by atoms with Gasteiger partial charge in [0.1, 0.15) is 18.8 Å². The van der Waals surface area contributed by atoms with E-state index in [0.29, 0.717) is 17.5 Å². The van der Waals surface area contributed by atoms with Gasteiger partial charge in [0.2, 0.25) is 0 Å². The van der Waals surface area contributed by atoms with E-state index < -0.39 is 60.9 Å². The van der Waals surface area contributed by atoms with Crippen molar-refractivity contribution in [1.82, 2.24) is 0 Å². The molecule has 0 spiro atoms. The van der Waals surface area contributed by atoms with Crippen molar-refractivity contribution in [3.05, 3.63) is 118 Å². The Hall–Kier alpha value is -4.25. The number of azide groups is 1. The fourth-order valence-corrected chi connectivity index (χ4v) is 6.24. The molecule has 0 aromatic heterocycles.